The van der Waals surface area contributed by atoms with Crippen LogP contribution in [0.3, 0.4) is 0 Å². The van der Waals surface area contributed by atoms with E-state index in [0.717, 1.165) is 12.2 Å². The Hall–Kier alpha value is -1.66. The number of furan rings is 1. The van der Waals surface area contributed by atoms with Gasteiger partial charge in [-0.1, -0.05) is 5.16 Å². The molecule has 1 atom stereocenters. The highest BCUT2D eigenvalue weighted by Crippen LogP contribution is 2.15. The average molecular weight is 251 g/mol. The lowest BCUT2D eigenvalue weighted by Crippen LogP contribution is -2.39. The smallest absolute Gasteiger partial charge is 0.227 e. The van der Waals surface area contributed by atoms with E-state index in [1.165, 1.54) is 0 Å². The highest BCUT2D eigenvalue weighted by Gasteiger charge is 2.27. The van der Waals surface area contributed by atoms with Crippen molar-refractivity contribution in [1.82, 2.24) is 10.1 Å². The van der Waals surface area contributed by atoms with Gasteiger partial charge in [0, 0.05) is 20.0 Å². The number of nitrogens with two attached hydrogens (primary N) is 1. The fourth-order valence-electron chi connectivity index (χ4n) is 1.64. The molecule has 0 fully saturated rings. The van der Waals surface area contributed by atoms with Crippen molar-refractivity contribution in [3.05, 3.63) is 35.9 Å². The summed E-state index contributed by atoms with van der Waals surface area (Å²) in [6, 6.07) is 3.76. The molecular weight excluding hydrogens is 234 g/mol. The number of ether oxygens (including phenoxy) is 1. The molecule has 0 aromatic carbocycles. The Kier molecular flexibility index (Phi) is 3.78. The van der Waals surface area contributed by atoms with E-state index in [1.807, 2.05) is 12.1 Å². The third-order valence-electron chi connectivity index (χ3n) is 2.59. The van der Waals surface area contributed by atoms with Crippen molar-refractivity contribution in [2.45, 2.75) is 25.3 Å². The Balaban J connectivity index is 1.97. The highest BCUT2D eigenvalue weighted by molar-refractivity contribution is 5.04. The Morgan fingerprint density at radius 3 is 2.94 bits per heavy atom. The quantitative estimate of drug-likeness (QED) is 0.831. The predicted octanol–water partition coefficient (Wildman–Crippen LogP) is 1.27. The van der Waals surface area contributed by atoms with Crippen LogP contribution in [0.5, 0.6) is 0 Å². The first kappa shape index (κ1) is 12.8. The normalized spacial score (nSPS) is 14.6. The van der Waals surface area contributed by atoms with Crippen molar-refractivity contribution < 1.29 is 13.7 Å². The number of aryl methyl sites for hydroxylation is 2. The number of rotatable bonds is 6. The zero-order valence-corrected chi connectivity index (χ0v) is 10.5. The summed E-state index contributed by atoms with van der Waals surface area (Å²) in [7, 11) is 1.59. The molecule has 0 spiro atoms. The van der Waals surface area contributed by atoms with E-state index in [1.54, 1.807) is 20.3 Å². The molecule has 6 heteroatoms. The van der Waals surface area contributed by atoms with Gasteiger partial charge >= 0.3 is 0 Å². The van der Waals surface area contributed by atoms with Crippen molar-refractivity contribution in [2.24, 2.45) is 5.73 Å². The molecular formula is C12H17N3O3. The number of nitrogens with zero attached hydrogens (tertiary/aromatic N) is 2. The summed E-state index contributed by atoms with van der Waals surface area (Å²) in [6.45, 7) is 2.14. The number of methoxy groups -OCH3 is 1. The molecule has 0 aliphatic carbocycles. The first-order valence-electron chi connectivity index (χ1n) is 5.75. The second-order valence-electron chi connectivity index (χ2n) is 4.44. The topological polar surface area (TPSA) is 87.3 Å². The zero-order valence-electron chi connectivity index (χ0n) is 10.5. The van der Waals surface area contributed by atoms with Crippen LogP contribution in [0.25, 0.3) is 0 Å². The molecule has 18 heavy (non-hydrogen) atoms. The lowest BCUT2D eigenvalue weighted by atomic mass is 10.1. The lowest BCUT2D eigenvalue weighted by molar-refractivity contribution is 0.135. The van der Waals surface area contributed by atoms with Crippen molar-refractivity contribution in [3.63, 3.8) is 0 Å². The van der Waals surface area contributed by atoms with Crippen LogP contribution in [-0.4, -0.2) is 23.9 Å². The summed E-state index contributed by atoms with van der Waals surface area (Å²) in [5.74, 6) is 1.90. The summed E-state index contributed by atoms with van der Waals surface area (Å²) in [5.41, 5.74) is 5.29. The average Bonchev–Trinajstić information content (AvgIpc) is 2.98. The molecule has 1 unspecified atom stereocenters. The van der Waals surface area contributed by atoms with Crippen LogP contribution in [-0.2, 0) is 23.1 Å². The fourth-order valence-corrected chi connectivity index (χ4v) is 1.64. The molecule has 0 saturated carbocycles. The third-order valence-corrected chi connectivity index (χ3v) is 2.59. The Labute approximate surface area is 105 Å². The highest BCUT2D eigenvalue weighted by atomic mass is 16.5. The van der Waals surface area contributed by atoms with Gasteiger partial charge in [-0.3, -0.25) is 0 Å². The van der Waals surface area contributed by atoms with Crippen molar-refractivity contribution in [1.29, 1.82) is 0 Å². The van der Waals surface area contributed by atoms with E-state index >= 15 is 0 Å². The number of hydrogen-bond acceptors (Lipinski definition) is 6. The van der Waals surface area contributed by atoms with E-state index in [2.05, 4.69) is 10.1 Å². The second-order valence-corrected chi connectivity index (χ2v) is 4.44. The van der Waals surface area contributed by atoms with Crippen LogP contribution in [0.4, 0.5) is 0 Å². The van der Waals surface area contributed by atoms with Crippen molar-refractivity contribution >= 4 is 0 Å². The molecule has 2 rings (SSSR count). The van der Waals surface area contributed by atoms with Gasteiger partial charge in [-0.2, -0.15) is 4.98 Å². The van der Waals surface area contributed by atoms with Gasteiger partial charge < -0.3 is 19.4 Å². The number of aromatic nitrogens is 2. The van der Waals surface area contributed by atoms with Gasteiger partial charge in [-0.15, -0.1) is 0 Å². The maximum Gasteiger partial charge on any atom is 0.227 e. The summed E-state index contributed by atoms with van der Waals surface area (Å²) in [4.78, 5) is 4.28. The van der Waals surface area contributed by atoms with Gasteiger partial charge in [-0.25, -0.2) is 0 Å². The molecule has 0 radical (unpaired) electrons. The fraction of sp³-hybridized carbons (Fsp3) is 0.500. The predicted molar refractivity (Wildman–Crippen MR) is 63.8 cm³/mol. The maximum atomic E-state index is 6.02. The zero-order chi connectivity index (χ0) is 13.0. The largest absolute Gasteiger partial charge is 0.469 e. The van der Waals surface area contributed by atoms with Crippen LogP contribution >= 0.6 is 0 Å². The molecule has 2 aromatic rings. The SMILES string of the molecule is COCC(C)(N)c1noc(CCc2ccco2)n1. The van der Waals surface area contributed by atoms with Gasteiger partial charge in [0.1, 0.15) is 11.3 Å². The molecule has 2 aromatic heterocycles. The monoisotopic (exact) mass is 251 g/mol. The van der Waals surface area contributed by atoms with Crippen LogP contribution in [0.2, 0.25) is 0 Å². The van der Waals surface area contributed by atoms with Crippen LogP contribution in [0.15, 0.2) is 27.3 Å². The standard InChI is InChI=1S/C12H17N3O3/c1-12(13,8-16-2)11-14-10(18-15-11)6-5-9-4-3-7-17-9/h3-4,7H,5-6,8,13H2,1-2H3. The Bertz CT molecular complexity index is 476. The maximum absolute atomic E-state index is 6.02. The van der Waals surface area contributed by atoms with E-state index < -0.39 is 5.54 Å². The molecule has 0 amide bonds. The third kappa shape index (κ3) is 2.96. The van der Waals surface area contributed by atoms with E-state index in [4.69, 9.17) is 19.4 Å². The summed E-state index contributed by atoms with van der Waals surface area (Å²) < 4.78 is 15.4. The lowest BCUT2D eigenvalue weighted by Gasteiger charge is -2.18. The minimum atomic E-state index is -0.735. The van der Waals surface area contributed by atoms with Crippen LogP contribution in [0, 0.1) is 0 Å². The summed E-state index contributed by atoms with van der Waals surface area (Å²) >= 11 is 0. The minimum Gasteiger partial charge on any atom is -0.469 e. The van der Waals surface area contributed by atoms with Crippen LogP contribution in [0.1, 0.15) is 24.4 Å². The second kappa shape index (κ2) is 5.32. The molecule has 6 nitrogen and oxygen atoms in total. The van der Waals surface area contributed by atoms with Crippen LogP contribution < -0.4 is 5.73 Å². The Morgan fingerprint density at radius 1 is 1.44 bits per heavy atom. The molecule has 0 saturated heterocycles. The van der Waals surface area contributed by atoms with Crippen molar-refractivity contribution in [2.75, 3.05) is 13.7 Å². The molecule has 98 valence electrons. The summed E-state index contributed by atoms with van der Waals surface area (Å²) in [6.07, 6.45) is 2.99. The van der Waals surface area contributed by atoms with E-state index in [-0.39, 0.29) is 0 Å². The van der Waals surface area contributed by atoms with Crippen molar-refractivity contribution in [3.8, 4) is 0 Å². The molecule has 2 N–H and O–H groups in total. The molecule has 0 bridgehead atoms. The first-order chi connectivity index (χ1) is 8.62. The van der Waals surface area contributed by atoms with Gasteiger partial charge in [0.2, 0.25) is 5.89 Å². The van der Waals surface area contributed by atoms with Gasteiger partial charge in [0.05, 0.1) is 12.9 Å². The molecule has 0 aliphatic rings. The van der Waals surface area contributed by atoms with E-state index in [9.17, 15) is 0 Å². The van der Waals surface area contributed by atoms with E-state index in [0.29, 0.717) is 24.7 Å². The summed E-state index contributed by atoms with van der Waals surface area (Å²) in [5, 5.41) is 3.88. The van der Waals surface area contributed by atoms with Gasteiger partial charge in [-0.05, 0) is 19.1 Å². The first-order valence-corrected chi connectivity index (χ1v) is 5.75. The molecule has 0 aliphatic heterocycles. The minimum absolute atomic E-state index is 0.337. The number of hydrogen-bond donors (Lipinski definition) is 1. The van der Waals surface area contributed by atoms with Gasteiger partial charge in [0.25, 0.3) is 0 Å². The van der Waals surface area contributed by atoms with Gasteiger partial charge in [0.15, 0.2) is 5.82 Å². The molecule has 2 heterocycles. The Morgan fingerprint density at radius 2 is 2.28 bits per heavy atom.